The number of pyridine rings is 1. The van der Waals surface area contributed by atoms with E-state index >= 15 is 0 Å². The van der Waals surface area contributed by atoms with E-state index in [-0.39, 0.29) is 3.10 Å². The van der Waals surface area contributed by atoms with Crippen LogP contribution in [0.15, 0.2) is 77.4 Å². The molecule has 0 saturated carbocycles. The van der Waals surface area contributed by atoms with Gasteiger partial charge >= 0.3 is 172 Å². The van der Waals surface area contributed by atoms with Gasteiger partial charge in [0.05, 0.1) is 0 Å². The normalized spacial score (nSPS) is 11.8. The van der Waals surface area contributed by atoms with Crippen LogP contribution in [0.4, 0.5) is 0 Å². The average Bonchev–Trinajstić information content (AvgIpc) is 2.99. The minimum absolute atomic E-state index is 0.294. The van der Waals surface area contributed by atoms with Gasteiger partial charge in [-0.1, -0.05) is 0 Å². The zero-order valence-electron chi connectivity index (χ0n) is 13.6. The number of nitrogens with zero attached hydrogens (tertiary/aromatic N) is 3. The number of benzene rings is 2. The molecule has 0 aliphatic rings. The molecular formula is C20H15BrN3Pb. The first-order valence-corrected chi connectivity index (χ1v) is 10.7. The fourth-order valence-electron chi connectivity index (χ4n) is 3.15. The van der Waals surface area contributed by atoms with Crippen molar-refractivity contribution in [2.45, 2.75) is 10.0 Å². The van der Waals surface area contributed by atoms with Crippen molar-refractivity contribution in [2.24, 2.45) is 0 Å². The molecule has 0 aliphatic carbocycles. The quantitative estimate of drug-likeness (QED) is 0.334. The van der Waals surface area contributed by atoms with Crippen molar-refractivity contribution in [3.63, 3.8) is 0 Å². The minimum atomic E-state index is -0.294. The monoisotopic (exact) mass is 584 g/mol. The molecule has 0 N–H and O–H groups in total. The van der Waals surface area contributed by atoms with E-state index in [2.05, 4.69) is 92.3 Å². The van der Waals surface area contributed by atoms with E-state index in [0.29, 0.717) is 0 Å². The topological polar surface area (TPSA) is 30.7 Å². The van der Waals surface area contributed by atoms with Gasteiger partial charge in [-0.25, -0.2) is 0 Å². The summed E-state index contributed by atoms with van der Waals surface area (Å²) in [4.78, 5) is 4.59. The van der Waals surface area contributed by atoms with Crippen LogP contribution in [0, 0.1) is 6.92 Å². The van der Waals surface area contributed by atoms with Gasteiger partial charge in [0.15, 0.2) is 0 Å². The Hall–Kier alpha value is -1.54. The summed E-state index contributed by atoms with van der Waals surface area (Å²) < 4.78 is 2.83. The van der Waals surface area contributed by atoms with Gasteiger partial charge in [-0.05, 0) is 0 Å². The molecular weight excluding hydrogens is 569 g/mol. The predicted octanol–water partition coefficient (Wildman–Crippen LogP) is 4.42. The van der Waals surface area contributed by atoms with Crippen LogP contribution in [0.2, 0.25) is 0 Å². The van der Waals surface area contributed by atoms with Crippen LogP contribution in [0.1, 0.15) is 16.8 Å². The Labute approximate surface area is 170 Å². The molecule has 0 bridgehead atoms. The van der Waals surface area contributed by atoms with Crippen molar-refractivity contribution in [3.8, 4) is 0 Å². The zero-order valence-corrected chi connectivity index (χ0v) is 19.1. The summed E-state index contributed by atoms with van der Waals surface area (Å²) in [5.41, 5.74) is 5.45. The van der Waals surface area contributed by atoms with Gasteiger partial charge in [0.1, 0.15) is 0 Å². The van der Waals surface area contributed by atoms with E-state index < -0.39 is 0 Å². The molecule has 0 atom stereocenters. The number of rotatable bonds is 3. The van der Waals surface area contributed by atoms with Crippen molar-refractivity contribution < 1.29 is 0 Å². The van der Waals surface area contributed by atoms with Gasteiger partial charge in [-0.15, -0.1) is 0 Å². The average molecular weight is 584 g/mol. The third-order valence-electron chi connectivity index (χ3n) is 4.36. The molecule has 4 rings (SSSR count). The van der Waals surface area contributed by atoms with Gasteiger partial charge in [-0.2, -0.15) is 0 Å². The van der Waals surface area contributed by atoms with E-state index in [1.54, 1.807) is 0 Å². The first kappa shape index (κ1) is 16.9. The van der Waals surface area contributed by atoms with Gasteiger partial charge in [-0.3, -0.25) is 0 Å². The second-order valence-electron chi connectivity index (χ2n) is 5.96. The van der Waals surface area contributed by atoms with Crippen LogP contribution in [0.3, 0.4) is 0 Å². The Morgan fingerprint density at radius 2 is 1.52 bits per heavy atom. The number of hydrogen-bond donors (Lipinski definition) is 0. The molecule has 5 heteroatoms. The summed E-state index contributed by atoms with van der Waals surface area (Å²) in [5.74, 6) is 0. The fraction of sp³-hybridized carbons (Fsp3) is 0.100. The molecule has 0 spiro atoms. The molecule has 4 aromatic rings. The molecule has 0 fully saturated rings. The molecule has 2 heterocycles. The Morgan fingerprint density at radius 3 is 2.08 bits per heavy atom. The molecule has 25 heavy (non-hydrogen) atoms. The molecule has 0 amide bonds. The summed E-state index contributed by atoms with van der Waals surface area (Å²) in [7, 11) is 0. The van der Waals surface area contributed by atoms with Crippen molar-refractivity contribution in [1.82, 2.24) is 14.8 Å². The van der Waals surface area contributed by atoms with Gasteiger partial charge < -0.3 is 0 Å². The van der Waals surface area contributed by atoms with Crippen LogP contribution in [-0.2, 0) is 3.10 Å². The molecule has 2 aromatic carbocycles. The molecule has 0 aliphatic heterocycles. The first-order chi connectivity index (χ1) is 12.1. The molecule has 121 valence electrons. The van der Waals surface area contributed by atoms with E-state index in [4.69, 9.17) is 5.10 Å². The Morgan fingerprint density at radius 1 is 0.960 bits per heavy atom. The maximum atomic E-state index is 4.92. The van der Waals surface area contributed by atoms with Gasteiger partial charge in [0.25, 0.3) is 0 Å². The number of fused-ring (bicyclic) bond motifs is 1. The summed E-state index contributed by atoms with van der Waals surface area (Å²) in [6, 6.07) is 23.4. The number of aryl methyl sites for hydroxylation is 1. The zero-order chi connectivity index (χ0) is 17.4. The summed E-state index contributed by atoms with van der Waals surface area (Å²) in [5, 5.41) is 4.92. The predicted molar refractivity (Wildman–Crippen MR) is 105 cm³/mol. The SMILES string of the molecule is Cc1nn([C]([Pb])(c2ccccc2)c2ccccc2)c2cc(Br)cnc12. The van der Waals surface area contributed by atoms with Crippen molar-refractivity contribution in [1.29, 1.82) is 0 Å². The van der Waals surface area contributed by atoms with E-state index in [1.165, 1.54) is 11.1 Å². The van der Waals surface area contributed by atoms with Crippen LogP contribution in [0.5, 0.6) is 0 Å². The second-order valence-corrected chi connectivity index (χ2v) is 9.69. The molecule has 3 nitrogen and oxygen atoms in total. The number of aromatic nitrogens is 3. The van der Waals surface area contributed by atoms with Crippen LogP contribution < -0.4 is 0 Å². The molecule has 0 unspecified atom stereocenters. The third kappa shape index (κ3) is 2.85. The maximum absolute atomic E-state index is 4.92. The van der Waals surface area contributed by atoms with Crippen LogP contribution >= 0.6 is 15.9 Å². The Balaban J connectivity index is 2.08. The van der Waals surface area contributed by atoms with E-state index in [9.17, 15) is 0 Å². The summed E-state index contributed by atoms with van der Waals surface area (Å²) in [6.45, 7) is 2.03. The summed E-state index contributed by atoms with van der Waals surface area (Å²) >= 11 is 4.43. The van der Waals surface area contributed by atoms with Crippen LogP contribution in [0.25, 0.3) is 11.0 Å². The molecule has 2 aromatic heterocycles. The number of hydrogen-bond acceptors (Lipinski definition) is 2. The van der Waals surface area contributed by atoms with E-state index in [1.807, 2.05) is 13.1 Å². The second kappa shape index (κ2) is 6.64. The first-order valence-electron chi connectivity index (χ1n) is 7.98. The van der Waals surface area contributed by atoms with Crippen LogP contribution in [-0.4, -0.2) is 40.5 Å². The van der Waals surface area contributed by atoms with Gasteiger partial charge in [0.2, 0.25) is 0 Å². The van der Waals surface area contributed by atoms with Gasteiger partial charge in [0, 0.05) is 0 Å². The standard InChI is InChI=1S/C20H15BrN3.Pb/c1-14-19-18(12-17(21)13-22-19)24(23-14)20(15-8-4-2-5-9-15)16-10-6-3-7-11-16;/h2-13H,1H3;. The van der Waals surface area contributed by atoms with Crippen molar-refractivity contribution >= 4 is 52.7 Å². The summed E-state index contributed by atoms with van der Waals surface area (Å²) in [6.07, 6.45) is 1.83. The molecule has 0 saturated heterocycles. The van der Waals surface area contributed by atoms with Crippen molar-refractivity contribution in [2.75, 3.05) is 0 Å². The third-order valence-corrected chi connectivity index (χ3v) is 7.86. The van der Waals surface area contributed by atoms with E-state index in [0.717, 1.165) is 47.0 Å². The number of halogens is 1. The molecule has 3 radical (unpaired) electrons. The van der Waals surface area contributed by atoms with Crippen molar-refractivity contribution in [3.05, 3.63) is 94.2 Å². The fourth-order valence-corrected chi connectivity index (χ4v) is 5.42. The Kier molecular flexibility index (Phi) is 4.49. The Bertz CT molecular complexity index is 989.